The van der Waals surface area contributed by atoms with Gasteiger partial charge in [0, 0.05) is 20.7 Å². The Morgan fingerprint density at radius 3 is 2.91 bits per heavy atom. The summed E-state index contributed by atoms with van der Waals surface area (Å²) in [7, 11) is 3.29. The fourth-order valence-corrected chi connectivity index (χ4v) is 2.17. The number of likely N-dealkylation sites (N-methyl/N-ethyl adjacent to an activating group) is 1. The molecule has 0 radical (unpaired) electrons. The van der Waals surface area contributed by atoms with Gasteiger partial charge in [-0.3, -0.25) is 0 Å². The van der Waals surface area contributed by atoms with E-state index in [-0.39, 0.29) is 18.9 Å². The first kappa shape index (κ1) is 17.0. The van der Waals surface area contributed by atoms with Crippen LogP contribution in [0.25, 0.3) is 0 Å². The van der Waals surface area contributed by atoms with Crippen LogP contribution in [0, 0.1) is 12.3 Å². The first-order chi connectivity index (χ1) is 11.0. The third-order valence-corrected chi connectivity index (χ3v) is 3.82. The van der Waals surface area contributed by atoms with E-state index in [1.165, 1.54) is 0 Å². The van der Waals surface area contributed by atoms with Crippen LogP contribution >= 0.6 is 0 Å². The molecule has 1 aliphatic heterocycles. The van der Waals surface area contributed by atoms with Crippen LogP contribution in [0.4, 0.5) is 4.79 Å². The molecule has 0 aromatic heterocycles. The summed E-state index contributed by atoms with van der Waals surface area (Å²) in [6.07, 6.45) is 5.89. The summed E-state index contributed by atoms with van der Waals surface area (Å²) in [6.45, 7) is 2.63. The molecule has 0 aliphatic carbocycles. The molecule has 0 spiro atoms. The molecule has 1 aliphatic rings. The number of hydrogen-bond acceptors (Lipinski definition) is 4. The monoisotopic (exact) mass is 318 g/mol. The minimum Gasteiger partial charge on any atom is -0.454 e. The van der Waals surface area contributed by atoms with Gasteiger partial charge in [-0.15, -0.1) is 6.42 Å². The summed E-state index contributed by atoms with van der Waals surface area (Å²) in [4.78, 5) is 13.8. The average molecular weight is 318 g/mol. The van der Waals surface area contributed by atoms with Gasteiger partial charge in [0.15, 0.2) is 11.5 Å². The van der Waals surface area contributed by atoms with Crippen molar-refractivity contribution >= 4 is 6.03 Å². The third-order valence-electron chi connectivity index (χ3n) is 3.82. The highest BCUT2D eigenvalue weighted by molar-refractivity contribution is 5.74. The number of hydrogen-bond donors (Lipinski definition) is 1. The lowest BCUT2D eigenvalue weighted by Crippen LogP contribution is -2.47. The van der Waals surface area contributed by atoms with E-state index in [0.29, 0.717) is 13.0 Å². The average Bonchev–Trinajstić information content (AvgIpc) is 3.04. The smallest absolute Gasteiger partial charge is 0.318 e. The molecular weight excluding hydrogens is 296 g/mol. The molecule has 2 atom stereocenters. The molecule has 2 amide bonds. The largest absolute Gasteiger partial charge is 0.454 e. The topological polar surface area (TPSA) is 60.0 Å². The lowest BCUT2D eigenvalue weighted by Gasteiger charge is -2.23. The number of ether oxygens (including phenoxy) is 3. The summed E-state index contributed by atoms with van der Waals surface area (Å²) in [5.41, 5.74) is 1.08. The van der Waals surface area contributed by atoms with E-state index in [4.69, 9.17) is 20.6 Å². The molecule has 0 saturated heterocycles. The maximum atomic E-state index is 12.2. The lowest BCUT2D eigenvalue weighted by atomic mass is 10.1. The number of amides is 2. The van der Waals surface area contributed by atoms with Gasteiger partial charge in [-0.05, 0) is 31.0 Å². The number of terminal acetylenes is 1. The SMILES string of the molecule is C#CC(NC(=O)N(C)CCc1ccc2c(c1)OCO2)C(C)OC. The maximum absolute atomic E-state index is 12.2. The standard InChI is InChI=1S/C17H22N2O4/c1-5-14(12(2)21-4)18-17(20)19(3)9-8-13-6-7-15-16(10-13)23-11-22-15/h1,6-7,10,12,14H,8-9,11H2,2-4H3,(H,18,20). The molecule has 1 aromatic rings. The number of methoxy groups -OCH3 is 1. The van der Waals surface area contributed by atoms with Crippen molar-refractivity contribution in [1.82, 2.24) is 10.2 Å². The lowest BCUT2D eigenvalue weighted by molar-refractivity contribution is 0.0992. The van der Waals surface area contributed by atoms with Gasteiger partial charge >= 0.3 is 6.03 Å². The Kier molecular flexibility index (Phi) is 5.72. The fourth-order valence-electron chi connectivity index (χ4n) is 2.17. The molecule has 124 valence electrons. The van der Waals surface area contributed by atoms with Crippen LogP contribution in [0.5, 0.6) is 11.5 Å². The number of rotatable bonds is 6. The van der Waals surface area contributed by atoms with Crippen molar-refractivity contribution in [1.29, 1.82) is 0 Å². The Morgan fingerprint density at radius 2 is 2.22 bits per heavy atom. The van der Waals surface area contributed by atoms with E-state index in [1.54, 1.807) is 19.1 Å². The van der Waals surface area contributed by atoms with Gasteiger partial charge in [0.2, 0.25) is 6.79 Å². The highest BCUT2D eigenvalue weighted by Crippen LogP contribution is 2.32. The van der Waals surface area contributed by atoms with Crippen LogP contribution in [0.2, 0.25) is 0 Å². The second kappa shape index (κ2) is 7.75. The second-order valence-corrected chi connectivity index (χ2v) is 5.39. The van der Waals surface area contributed by atoms with Crippen LogP contribution in [0.3, 0.4) is 0 Å². The van der Waals surface area contributed by atoms with Crippen molar-refractivity contribution in [2.24, 2.45) is 0 Å². The molecule has 6 heteroatoms. The molecule has 0 saturated carbocycles. The van der Waals surface area contributed by atoms with Crippen molar-refractivity contribution in [2.75, 3.05) is 27.5 Å². The number of carbonyl (C=O) groups excluding carboxylic acids is 1. The zero-order valence-corrected chi connectivity index (χ0v) is 13.7. The molecule has 1 N–H and O–H groups in total. The Balaban J connectivity index is 1.85. The highest BCUT2D eigenvalue weighted by Gasteiger charge is 2.19. The summed E-state index contributed by atoms with van der Waals surface area (Å²) in [5, 5.41) is 2.78. The minimum atomic E-state index is -0.458. The van der Waals surface area contributed by atoms with Gasteiger partial charge in [0.05, 0.1) is 6.10 Å². The molecule has 2 rings (SSSR count). The number of fused-ring (bicyclic) bond motifs is 1. The number of carbonyl (C=O) groups is 1. The van der Waals surface area contributed by atoms with Crippen molar-refractivity contribution in [2.45, 2.75) is 25.5 Å². The minimum absolute atomic E-state index is 0.224. The zero-order chi connectivity index (χ0) is 16.8. The van der Waals surface area contributed by atoms with Crippen LogP contribution in [0.15, 0.2) is 18.2 Å². The molecule has 2 unspecified atom stereocenters. The Bertz CT molecular complexity index is 597. The van der Waals surface area contributed by atoms with E-state index < -0.39 is 6.04 Å². The van der Waals surface area contributed by atoms with Crippen molar-refractivity contribution in [3.8, 4) is 23.8 Å². The number of nitrogens with one attached hydrogen (secondary N) is 1. The molecule has 0 bridgehead atoms. The predicted octanol–water partition coefficient (Wildman–Crippen LogP) is 1.64. The first-order valence-corrected chi connectivity index (χ1v) is 7.44. The quantitative estimate of drug-likeness (QED) is 0.810. The van der Waals surface area contributed by atoms with Gasteiger partial charge in [-0.1, -0.05) is 12.0 Å². The van der Waals surface area contributed by atoms with Crippen LogP contribution < -0.4 is 14.8 Å². The summed E-state index contributed by atoms with van der Waals surface area (Å²) < 4.78 is 15.8. The molecular formula is C17H22N2O4. The van der Waals surface area contributed by atoms with E-state index in [9.17, 15) is 4.79 Å². The van der Waals surface area contributed by atoms with Crippen molar-refractivity contribution in [3.63, 3.8) is 0 Å². The fraction of sp³-hybridized carbons (Fsp3) is 0.471. The van der Waals surface area contributed by atoms with Crippen LogP contribution in [-0.4, -0.2) is 50.6 Å². The first-order valence-electron chi connectivity index (χ1n) is 7.44. The van der Waals surface area contributed by atoms with E-state index in [2.05, 4.69) is 11.2 Å². The zero-order valence-electron chi connectivity index (χ0n) is 13.7. The van der Waals surface area contributed by atoms with Crippen LogP contribution in [-0.2, 0) is 11.2 Å². The molecule has 23 heavy (non-hydrogen) atoms. The molecule has 1 heterocycles. The third kappa shape index (κ3) is 4.30. The van der Waals surface area contributed by atoms with Crippen molar-refractivity contribution in [3.05, 3.63) is 23.8 Å². The Labute approximate surface area is 136 Å². The second-order valence-electron chi connectivity index (χ2n) is 5.39. The number of nitrogens with zero attached hydrogens (tertiary/aromatic N) is 1. The van der Waals surface area contributed by atoms with E-state index in [0.717, 1.165) is 17.1 Å². The van der Waals surface area contributed by atoms with Gasteiger partial charge in [-0.25, -0.2) is 4.79 Å². The number of urea groups is 1. The van der Waals surface area contributed by atoms with E-state index in [1.807, 2.05) is 25.1 Å². The Hall–Kier alpha value is -2.39. The maximum Gasteiger partial charge on any atom is 0.318 e. The summed E-state index contributed by atoms with van der Waals surface area (Å²) in [6, 6.07) is 5.10. The van der Waals surface area contributed by atoms with Gasteiger partial charge < -0.3 is 24.4 Å². The summed E-state index contributed by atoms with van der Waals surface area (Å²) >= 11 is 0. The van der Waals surface area contributed by atoms with Gasteiger partial charge in [-0.2, -0.15) is 0 Å². The highest BCUT2D eigenvalue weighted by atomic mass is 16.7. The van der Waals surface area contributed by atoms with Gasteiger partial charge in [0.1, 0.15) is 6.04 Å². The summed E-state index contributed by atoms with van der Waals surface area (Å²) in [5.74, 6) is 4.03. The number of benzene rings is 1. The van der Waals surface area contributed by atoms with Gasteiger partial charge in [0.25, 0.3) is 0 Å². The predicted molar refractivity (Wildman–Crippen MR) is 86.5 cm³/mol. The molecule has 1 aromatic carbocycles. The van der Waals surface area contributed by atoms with E-state index >= 15 is 0 Å². The normalized spacial score (nSPS) is 14.7. The molecule has 6 nitrogen and oxygen atoms in total. The van der Waals surface area contributed by atoms with Crippen LogP contribution in [0.1, 0.15) is 12.5 Å². The van der Waals surface area contributed by atoms with Crippen molar-refractivity contribution < 1.29 is 19.0 Å². The molecule has 0 fully saturated rings. The Morgan fingerprint density at radius 1 is 1.48 bits per heavy atom.